The second-order valence-corrected chi connectivity index (χ2v) is 5.99. The molecule has 2 aromatic rings. The van der Waals surface area contributed by atoms with Gasteiger partial charge in [0.15, 0.2) is 0 Å². The van der Waals surface area contributed by atoms with E-state index in [0.717, 1.165) is 46.2 Å². The Morgan fingerprint density at radius 3 is 3.09 bits per heavy atom. The Morgan fingerprint density at radius 2 is 2.23 bits per heavy atom. The standard InChI is InChI=1S/C15H13BrN6/c1-9-6-11(2-3-17-9)20-15-19-8-10-7-12(16)14-18-4-5-22(14)13(10)21-15/h2-3,6-8H,4-5H2,1H3,(H,17,19,20,21). The second-order valence-electron chi connectivity index (χ2n) is 5.13. The van der Waals surface area contributed by atoms with Crippen LogP contribution in [0.3, 0.4) is 0 Å². The van der Waals surface area contributed by atoms with Gasteiger partial charge in [-0.05, 0) is 41.1 Å². The molecule has 0 spiro atoms. The number of pyridine rings is 1. The molecular weight excluding hydrogens is 344 g/mol. The summed E-state index contributed by atoms with van der Waals surface area (Å²) in [7, 11) is 0. The fourth-order valence-electron chi connectivity index (χ4n) is 2.57. The zero-order chi connectivity index (χ0) is 15.1. The Morgan fingerprint density at radius 1 is 1.32 bits per heavy atom. The first-order valence-corrected chi connectivity index (χ1v) is 7.76. The van der Waals surface area contributed by atoms with Crippen LogP contribution in [0.25, 0.3) is 6.08 Å². The topological polar surface area (TPSA) is 66.3 Å². The number of aromatic nitrogens is 3. The molecule has 6 nitrogen and oxygen atoms in total. The minimum absolute atomic E-state index is 0.571. The molecule has 0 saturated heterocycles. The quantitative estimate of drug-likeness (QED) is 0.895. The third-order valence-corrected chi connectivity index (χ3v) is 4.12. The number of anilines is 3. The van der Waals surface area contributed by atoms with Gasteiger partial charge < -0.3 is 10.2 Å². The summed E-state index contributed by atoms with van der Waals surface area (Å²) >= 11 is 3.56. The molecule has 1 N–H and O–H groups in total. The number of hydrogen-bond acceptors (Lipinski definition) is 6. The molecule has 4 rings (SSSR count). The van der Waals surface area contributed by atoms with E-state index in [-0.39, 0.29) is 0 Å². The average molecular weight is 357 g/mol. The summed E-state index contributed by atoms with van der Waals surface area (Å²) in [5.74, 6) is 2.40. The zero-order valence-electron chi connectivity index (χ0n) is 11.9. The fourth-order valence-corrected chi connectivity index (χ4v) is 3.16. The normalized spacial score (nSPS) is 15.8. The van der Waals surface area contributed by atoms with Gasteiger partial charge in [0.25, 0.3) is 0 Å². The minimum atomic E-state index is 0.571. The van der Waals surface area contributed by atoms with Crippen LogP contribution in [0, 0.1) is 6.92 Å². The van der Waals surface area contributed by atoms with Crippen LogP contribution in [0.5, 0.6) is 0 Å². The summed E-state index contributed by atoms with van der Waals surface area (Å²) in [5, 5.41) is 3.22. The Hall–Kier alpha value is -2.28. The summed E-state index contributed by atoms with van der Waals surface area (Å²) in [4.78, 5) is 19.8. The number of nitrogens with zero attached hydrogens (tertiary/aromatic N) is 5. The Balaban J connectivity index is 1.70. The van der Waals surface area contributed by atoms with Crippen molar-refractivity contribution in [2.75, 3.05) is 23.3 Å². The lowest BCUT2D eigenvalue weighted by Crippen LogP contribution is -2.31. The molecule has 0 aliphatic carbocycles. The number of amidine groups is 1. The van der Waals surface area contributed by atoms with Crippen LogP contribution >= 0.6 is 15.9 Å². The molecule has 0 amide bonds. The molecule has 0 bridgehead atoms. The first kappa shape index (κ1) is 13.4. The monoisotopic (exact) mass is 356 g/mol. The van der Waals surface area contributed by atoms with Gasteiger partial charge in [-0.3, -0.25) is 9.98 Å². The predicted octanol–water partition coefficient (Wildman–Crippen LogP) is 2.89. The van der Waals surface area contributed by atoms with Crippen molar-refractivity contribution in [1.82, 2.24) is 15.0 Å². The summed E-state index contributed by atoms with van der Waals surface area (Å²) < 4.78 is 0.978. The van der Waals surface area contributed by atoms with E-state index >= 15 is 0 Å². The van der Waals surface area contributed by atoms with Gasteiger partial charge in [0.1, 0.15) is 11.7 Å². The Kier molecular flexibility index (Phi) is 3.15. The van der Waals surface area contributed by atoms with Crippen molar-refractivity contribution < 1.29 is 0 Å². The summed E-state index contributed by atoms with van der Waals surface area (Å²) in [6.45, 7) is 3.58. The summed E-state index contributed by atoms with van der Waals surface area (Å²) in [6.07, 6.45) is 5.60. The van der Waals surface area contributed by atoms with Crippen LogP contribution in [-0.2, 0) is 0 Å². The van der Waals surface area contributed by atoms with Crippen LogP contribution in [0.1, 0.15) is 11.3 Å². The number of aryl methyl sites for hydroxylation is 1. The molecule has 7 heteroatoms. The van der Waals surface area contributed by atoms with Gasteiger partial charge in [0, 0.05) is 35.9 Å². The molecule has 0 atom stereocenters. The molecule has 0 aromatic carbocycles. The van der Waals surface area contributed by atoms with Crippen LogP contribution in [0.4, 0.5) is 17.5 Å². The van der Waals surface area contributed by atoms with Crippen molar-refractivity contribution in [1.29, 1.82) is 0 Å². The van der Waals surface area contributed by atoms with Gasteiger partial charge in [-0.25, -0.2) is 4.98 Å². The van der Waals surface area contributed by atoms with Crippen molar-refractivity contribution >= 4 is 45.3 Å². The minimum Gasteiger partial charge on any atom is -0.324 e. The van der Waals surface area contributed by atoms with Gasteiger partial charge in [-0.2, -0.15) is 4.98 Å². The fraction of sp³-hybridized carbons (Fsp3) is 0.200. The number of hydrogen-bond donors (Lipinski definition) is 1. The van der Waals surface area contributed by atoms with Crippen LogP contribution in [-0.4, -0.2) is 33.9 Å². The zero-order valence-corrected chi connectivity index (χ0v) is 13.5. The lowest BCUT2D eigenvalue weighted by Gasteiger charge is -2.25. The molecular formula is C15H13BrN6. The molecule has 22 heavy (non-hydrogen) atoms. The van der Waals surface area contributed by atoms with Crippen molar-refractivity contribution in [2.24, 2.45) is 4.99 Å². The maximum atomic E-state index is 4.65. The average Bonchev–Trinajstić information content (AvgIpc) is 2.98. The van der Waals surface area contributed by atoms with Crippen LogP contribution in [0.2, 0.25) is 0 Å². The maximum absolute atomic E-state index is 4.65. The number of fused-ring (bicyclic) bond motifs is 3. The van der Waals surface area contributed by atoms with Crippen molar-refractivity contribution in [3.63, 3.8) is 0 Å². The first-order valence-electron chi connectivity index (χ1n) is 6.97. The van der Waals surface area contributed by atoms with E-state index < -0.39 is 0 Å². The van der Waals surface area contributed by atoms with E-state index in [1.54, 1.807) is 6.20 Å². The molecule has 110 valence electrons. The second kappa shape index (κ2) is 5.17. The van der Waals surface area contributed by atoms with Crippen molar-refractivity contribution in [2.45, 2.75) is 6.92 Å². The highest BCUT2D eigenvalue weighted by molar-refractivity contribution is 9.12. The highest BCUT2D eigenvalue weighted by Crippen LogP contribution is 2.33. The Labute approximate surface area is 136 Å². The summed E-state index contributed by atoms with van der Waals surface area (Å²) in [5.41, 5.74) is 2.86. The maximum Gasteiger partial charge on any atom is 0.229 e. The third-order valence-electron chi connectivity index (χ3n) is 3.54. The lowest BCUT2D eigenvalue weighted by molar-refractivity contribution is 0.986. The predicted molar refractivity (Wildman–Crippen MR) is 90.8 cm³/mol. The van der Waals surface area contributed by atoms with Gasteiger partial charge in [-0.15, -0.1) is 0 Å². The Bertz CT molecular complexity index is 813. The smallest absolute Gasteiger partial charge is 0.229 e. The molecule has 2 aliphatic rings. The molecule has 0 radical (unpaired) electrons. The highest BCUT2D eigenvalue weighted by atomic mass is 79.9. The number of halogens is 1. The van der Waals surface area contributed by atoms with E-state index in [2.05, 4.69) is 46.1 Å². The van der Waals surface area contributed by atoms with Crippen LogP contribution < -0.4 is 10.2 Å². The van der Waals surface area contributed by atoms with E-state index in [0.29, 0.717) is 5.95 Å². The molecule has 2 aromatic heterocycles. The molecule has 4 heterocycles. The summed E-state index contributed by atoms with van der Waals surface area (Å²) in [6, 6.07) is 3.86. The van der Waals surface area contributed by atoms with Crippen LogP contribution in [0.15, 0.2) is 34.0 Å². The van der Waals surface area contributed by atoms with Gasteiger partial charge in [0.05, 0.1) is 11.0 Å². The van der Waals surface area contributed by atoms with Gasteiger partial charge >= 0.3 is 0 Å². The van der Waals surface area contributed by atoms with E-state index in [9.17, 15) is 0 Å². The van der Waals surface area contributed by atoms with E-state index in [1.165, 1.54) is 0 Å². The SMILES string of the molecule is Cc1cc(Nc2ncc3c(n2)N2CCN=C2C(Br)=C3)ccn1. The highest BCUT2D eigenvalue weighted by Gasteiger charge is 2.28. The number of nitrogens with one attached hydrogen (secondary N) is 1. The van der Waals surface area contributed by atoms with Crippen molar-refractivity contribution in [3.05, 3.63) is 40.3 Å². The van der Waals surface area contributed by atoms with E-state index in [4.69, 9.17) is 0 Å². The molecule has 0 saturated carbocycles. The van der Waals surface area contributed by atoms with Gasteiger partial charge in [-0.1, -0.05) is 0 Å². The van der Waals surface area contributed by atoms with E-state index in [1.807, 2.05) is 31.3 Å². The molecule has 0 fully saturated rings. The third kappa shape index (κ3) is 2.27. The largest absolute Gasteiger partial charge is 0.324 e. The first-order chi connectivity index (χ1) is 10.7. The number of aliphatic imine (C=N–C) groups is 1. The molecule has 0 unspecified atom stereocenters. The molecule has 2 aliphatic heterocycles. The lowest BCUT2D eigenvalue weighted by atomic mass is 10.2. The number of rotatable bonds is 2. The van der Waals surface area contributed by atoms with Gasteiger partial charge in [0.2, 0.25) is 5.95 Å². The van der Waals surface area contributed by atoms with Crippen molar-refractivity contribution in [3.8, 4) is 0 Å².